The Labute approximate surface area is 171 Å². The number of nitrogens with one attached hydrogen (secondary N) is 2. The first-order valence-corrected chi connectivity index (χ1v) is 11.9. The number of amides is 1. The van der Waals surface area contributed by atoms with Gasteiger partial charge in [-0.1, -0.05) is 6.42 Å². The predicted molar refractivity (Wildman–Crippen MR) is 113 cm³/mol. The van der Waals surface area contributed by atoms with Gasteiger partial charge in [0.15, 0.2) is 0 Å². The molecule has 1 aromatic heterocycles. The lowest BCUT2D eigenvalue weighted by Gasteiger charge is -2.34. The Morgan fingerprint density at radius 2 is 1.96 bits per heavy atom. The number of benzene rings is 1. The highest BCUT2D eigenvalue weighted by Crippen LogP contribution is 2.27. The summed E-state index contributed by atoms with van der Waals surface area (Å²) >= 11 is 1.63. The van der Waals surface area contributed by atoms with E-state index >= 15 is 0 Å². The van der Waals surface area contributed by atoms with Gasteiger partial charge in [0, 0.05) is 25.2 Å². The number of sulfonamides is 1. The van der Waals surface area contributed by atoms with E-state index in [1.165, 1.54) is 13.3 Å². The average molecular weight is 422 g/mol. The Morgan fingerprint density at radius 3 is 2.57 bits per heavy atom. The molecule has 1 unspecified atom stereocenters. The van der Waals surface area contributed by atoms with Crippen molar-refractivity contribution >= 4 is 33.0 Å². The van der Waals surface area contributed by atoms with E-state index in [0.717, 1.165) is 31.5 Å². The highest BCUT2D eigenvalue weighted by Gasteiger charge is 2.25. The van der Waals surface area contributed by atoms with Crippen molar-refractivity contribution in [1.29, 1.82) is 0 Å². The monoisotopic (exact) mass is 421 g/mol. The molecular formula is C20H27N3O3S2. The molecule has 2 aromatic rings. The number of carbonyl (C=O) groups is 1. The summed E-state index contributed by atoms with van der Waals surface area (Å²) < 4.78 is 28.7. The van der Waals surface area contributed by atoms with E-state index in [9.17, 15) is 13.2 Å². The van der Waals surface area contributed by atoms with E-state index in [2.05, 4.69) is 26.4 Å². The highest BCUT2D eigenvalue weighted by molar-refractivity contribution is 7.89. The van der Waals surface area contributed by atoms with Crippen molar-refractivity contribution in [2.24, 2.45) is 0 Å². The first-order chi connectivity index (χ1) is 13.4. The van der Waals surface area contributed by atoms with Gasteiger partial charge in [-0.25, -0.2) is 13.1 Å². The zero-order valence-electron chi connectivity index (χ0n) is 16.3. The summed E-state index contributed by atoms with van der Waals surface area (Å²) in [6.07, 6.45) is 3.53. The second kappa shape index (κ2) is 9.17. The van der Waals surface area contributed by atoms with Crippen molar-refractivity contribution in [3.63, 3.8) is 0 Å². The van der Waals surface area contributed by atoms with Gasteiger partial charge >= 0.3 is 0 Å². The smallest absolute Gasteiger partial charge is 0.240 e. The van der Waals surface area contributed by atoms with Crippen molar-refractivity contribution in [2.45, 2.75) is 44.0 Å². The van der Waals surface area contributed by atoms with Crippen molar-refractivity contribution in [3.8, 4) is 0 Å². The number of thiophene rings is 1. The van der Waals surface area contributed by atoms with E-state index in [-0.39, 0.29) is 16.8 Å². The number of hydrogen-bond donors (Lipinski definition) is 2. The molecule has 1 saturated heterocycles. The maximum atomic E-state index is 12.9. The van der Waals surface area contributed by atoms with Gasteiger partial charge in [0.25, 0.3) is 0 Å². The Morgan fingerprint density at radius 1 is 1.21 bits per heavy atom. The van der Waals surface area contributed by atoms with Crippen LogP contribution in [0.1, 0.15) is 43.4 Å². The third kappa shape index (κ3) is 5.20. The van der Waals surface area contributed by atoms with Crippen LogP contribution in [0.25, 0.3) is 0 Å². The van der Waals surface area contributed by atoms with Gasteiger partial charge in [-0.2, -0.15) is 11.3 Å². The van der Waals surface area contributed by atoms with Crippen LogP contribution in [0.5, 0.6) is 0 Å². The topological polar surface area (TPSA) is 78.5 Å². The van der Waals surface area contributed by atoms with Gasteiger partial charge < -0.3 is 5.32 Å². The fourth-order valence-corrected chi connectivity index (χ4v) is 5.62. The lowest BCUT2D eigenvalue weighted by Crippen LogP contribution is -2.40. The molecule has 3 rings (SSSR count). The van der Waals surface area contributed by atoms with Crippen LogP contribution >= 0.6 is 11.3 Å². The van der Waals surface area contributed by atoms with Crippen molar-refractivity contribution in [2.75, 3.05) is 25.0 Å². The molecular weight excluding hydrogens is 394 g/mol. The van der Waals surface area contributed by atoms with E-state index in [0.29, 0.717) is 17.8 Å². The molecule has 1 atom stereocenters. The molecule has 2 N–H and O–H groups in total. The molecule has 2 heterocycles. The second-order valence-corrected chi connectivity index (χ2v) is 9.70. The molecule has 0 spiro atoms. The van der Waals surface area contributed by atoms with Gasteiger partial charge in [0.05, 0.1) is 4.90 Å². The number of aryl methyl sites for hydroxylation is 1. The summed E-state index contributed by atoms with van der Waals surface area (Å²) in [6.45, 7) is 5.49. The zero-order chi connectivity index (χ0) is 20.1. The van der Waals surface area contributed by atoms with E-state index in [1.807, 2.05) is 5.38 Å². The molecule has 1 aromatic carbocycles. The second-order valence-electron chi connectivity index (χ2n) is 7.18. The molecule has 1 aliphatic heterocycles. The molecule has 152 valence electrons. The number of piperidine rings is 1. The van der Waals surface area contributed by atoms with Gasteiger partial charge in [-0.3, -0.25) is 9.69 Å². The first kappa shape index (κ1) is 21.0. The molecule has 0 aliphatic carbocycles. The zero-order valence-corrected chi connectivity index (χ0v) is 17.9. The minimum absolute atomic E-state index is 0.0419. The summed E-state index contributed by atoms with van der Waals surface area (Å²) in [5.41, 5.74) is 2.35. The van der Waals surface area contributed by atoms with Crippen LogP contribution in [0.3, 0.4) is 0 Å². The maximum absolute atomic E-state index is 12.9. The number of nitrogens with zero attached hydrogens (tertiary/aromatic N) is 1. The van der Waals surface area contributed by atoms with Crippen LogP contribution in [-0.2, 0) is 14.8 Å². The number of hydrogen-bond acceptors (Lipinski definition) is 5. The Kier molecular flexibility index (Phi) is 6.87. The SMILES string of the molecule is CC(=O)Nc1ccc(S(=O)(=O)NCC(c2ccsc2)N2CCCCC2)c(C)c1. The Balaban J connectivity index is 1.76. The molecule has 0 bridgehead atoms. The van der Waals surface area contributed by atoms with Crippen molar-refractivity contribution < 1.29 is 13.2 Å². The predicted octanol–water partition coefficient (Wildman–Crippen LogP) is 3.52. The van der Waals surface area contributed by atoms with Gasteiger partial charge in [0.2, 0.25) is 15.9 Å². The number of anilines is 1. The van der Waals surface area contributed by atoms with Gasteiger partial charge in [0.1, 0.15) is 0 Å². The third-order valence-corrected chi connectivity index (χ3v) is 7.30. The fourth-order valence-electron chi connectivity index (χ4n) is 3.65. The minimum Gasteiger partial charge on any atom is -0.326 e. The Hall–Kier alpha value is -1.74. The van der Waals surface area contributed by atoms with Crippen LogP contribution in [0.15, 0.2) is 39.9 Å². The molecule has 6 nitrogen and oxygen atoms in total. The highest BCUT2D eigenvalue weighted by atomic mass is 32.2. The van der Waals surface area contributed by atoms with Crippen LogP contribution < -0.4 is 10.0 Å². The summed E-state index contributed by atoms with van der Waals surface area (Å²) in [5, 5.41) is 6.81. The summed E-state index contributed by atoms with van der Waals surface area (Å²) in [4.78, 5) is 13.8. The van der Waals surface area contributed by atoms with Crippen LogP contribution in [0.2, 0.25) is 0 Å². The van der Waals surface area contributed by atoms with Crippen LogP contribution in [0.4, 0.5) is 5.69 Å². The molecule has 1 aliphatic rings. The molecule has 0 radical (unpaired) electrons. The third-order valence-electron chi connectivity index (χ3n) is 5.01. The van der Waals surface area contributed by atoms with Gasteiger partial charge in [-0.15, -0.1) is 0 Å². The molecule has 28 heavy (non-hydrogen) atoms. The average Bonchev–Trinajstić information content (AvgIpc) is 3.16. The summed E-state index contributed by atoms with van der Waals surface area (Å²) in [5.74, 6) is -0.187. The van der Waals surface area contributed by atoms with Crippen LogP contribution in [-0.4, -0.2) is 38.9 Å². The van der Waals surface area contributed by atoms with Gasteiger partial charge in [-0.05, 0) is 79.0 Å². The molecule has 8 heteroatoms. The normalized spacial score (nSPS) is 16.6. The lowest BCUT2D eigenvalue weighted by molar-refractivity contribution is -0.114. The first-order valence-electron chi connectivity index (χ1n) is 9.51. The van der Waals surface area contributed by atoms with E-state index in [4.69, 9.17) is 0 Å². The number of carbonyl (C=O) groups excluding carboxylic acids is 1. The van der Waals surface area contributed by atoms with Crippen molar-refractivity contribution in [1.82, 2.24) is 9.62 Å². The standard InChI is InChI=1S/C20H27N3O3S2/c1-15-12-18(22-16(2)24)6-7-20(15)28(25,26)21-13-19(17-8-11-27-14-17)23-9-4-3-5-10-23/h6-8,11-12,14,19,21H,3-5,9-10,13H2,1-2H3,(H,22,24). The fraction of sp³-hybridized carbons (Fsp3) is 0.450. The van der Waals surface area contributed by atoms with E-state index in [1.54, 1.807) is 36.5 Å². The molecule has 1 amide bonds. The Bertz CT molecular complexity index is 905. The van der Waals surface area contributed by atoms with E-state index < -0.39 is 10.0 Å². The summed E-state index contributed by atoms with van der Waals surface area (Å²) in [7, 11) is -3.65. The van der Waals surface area contributed by atoms with Crippen LogP contribution in [0, 0.1) is 6.92 Å². The quantitative estimate of drug-likeness (QED) is 0.717. The maximum Gasteiger partial charge on any atom is 0.240 e. The number of likely N-dealkylation sites (tertiary alicyclic amines) is 1. The summed E-state index contributed by atoms with van der Waals surface area (Å²) in [6, 6.07) is 6.95. The molecule has 1 fully saturated rings. The largest absolute Gasteiger partial charge is 0.326 e. The van der Waals surface area contributed by atoms with Crippen molar-refractivity contribution in [3.05, 3.63) is 46.2 Å². The minimum atomic E-state index is -3.65. The number of rotatable bonds is 7. The molecule has 0 saturated carbocycles. The lowest BCUT2D eigenvalue weighted by atomic mass is 10.0.